The number of aromatic nitrogens is 2. The first-order chi connectivity index (χ1) is 18.6. The summed E-state index contributed by atoms with van der Waals surface area (Å²) in [6, 6.07) is 2.96. The molecule has 1 aliphatic carbocycles. The van der Waals surface area contributed by atoms with Crippen LogP contribution in [-0.2, 0) is 0 Å². The quantitative estimate of drug-likeness (QED) is 0.384. The van der Waals surface area contributed by atoms with Gasteiger partial charge in [0.1, 0.15) is 10.9 Å². The number of ether oxygens (including phenoxy) is 1. The Hall–Kier alpha value is -2.81. The van der Waals surface area contributed by atoms with Crippen molar-refractivity contribution in [2.24, 2.45) is 0 Å². The molecule has 2 aromatic rings. The third-order valence-electron chi connectivity index (χ3n) is 6.80. The van der Waals surface area contributed by atoms with Gasteiger partial charge >= 0.3 is 0 Å². The largest absolute Gasteiger partial charge is 0.494 e. The fourth-order valence-electron chi connectivity index (χ4n) is 4.83. The zero-order valence-electron chi connectivity index (χ0n) is 23.0. The van der Waals surface area contributed by atoms with Gasteiger partial charge in [-0.25, -0.2) is 4.98 Å². The minimum Gasteiger partial charge on any atom is -0.494 e. The molecule has 0 spiro atoms. The number of hydrogen-bond donors (Lipinski definition) is 3. The van der Waals surface area contributed by atoms with E-state index in [1.165, 1.54) is 42.4 Å². The molecule has 9 heteroatoms. The van der Waals surface area contributed by atoms with Gasteiger partial charge in [0.25, 0.3) is 5.91 Å². The first kappa shape index (κ1) is 21.3. The van der Waals surface area contributed by atoms with Gasteiger partial charge in [0.2, 0.25) is 0 Å². The standard InChI is InChI=1S/C27H31ClN4O3S/c1-17-11-22(23-12-26(28)30-14-25(23)35-2)24(13-29-17)27(34)31-36-10-8-18-15-32(9-7-19(18)16-36)20-3-5-21(33)6-4-20/h3,7,9,11-14,21,33,36H,4-6,8,10,15-16H2,1-2H3,(H,31,34)/i1D3. The monoisotopic (exact) mass is 529 g/mol. The molecule has 190 valence electrons. The van der Waals surface area contributed by atoms with E-state index in [1.807, 2.05) is 0 Å². The van der Waals surface area contributed by atoms with Gasteiger partial charge in [-0.3, -0.25) is 9.78 Å². The smallest absolute Gasteiger partial charge is 0.261 e. The summed E-state index contributed by atoms with van der Waals surface area (Å²) in [6.45, 7) is -1.60. The van der Waals surface area contributed by atoms with Crippen molar-refractivity contribution in [3.8, 4) is 16.9 Å². The highest BCUT2D eigenvalue weighted by Crippen LogP contribution is 2.39. The molecule has 0 saturated heterocycles. The van der Waals surface area contributed by atoms with Crippen LogP contribution in [0.5, 0.6) is 5.75 Å². The fourth-order valence-corrected chi connectivity index (χ4v) is 7.02. The van der Waals surface area contributed by atoms with E-state index < -0.39 is 17.9 Å². The van der Waals surface area contributed by atoms with Crippen LogP contribution < -0.4 is 9.46 Å². The highest BCUT2D eigenvalue weighted by Gasteiger charge is 2.26. The van der Waals surface area contributed by atoms with Gasteiger partial charge in [-0.05, 0) is 67.6 Å². The van der Waals surface area contributed by atoms with Crippen LogP contribution in [0.15, 0.2) is 59.7 Å². The van der Waals surface area contributed by atoms with Crippen molar-refractivity contribution in [1.29, 1.82) is 0 Å². The van der Waals surface area contributed by atoms with E-state index in [0.717, 1.165) is 37.3 Å². The summed E-state index contributed by atoms with van der Waals surface area (Å²) in [5, 5.41) is 9.99. The number of nitrogens with zero attached hydrogens (tertiary/aromatic N) is 3. The molecule has 5 rings (SSSR count). The van der Waals surface area contributed by atoms with Gasteiger partial charge in [-0.2, -0.15) is 11.1 Å². The molecular weight excluding hydrogens is 496 g/mol. The molecule has 4 heterocycles. The van der Waals surface area contributed by atoms with Crippen molar-refractivity contribution in [3.05, 3.63) is 76.1 Å². The normalized spacial score (nSPS) is 24.2. The van der Waals surface area contributed by atoms with Gasteiger partial charge < -0.3 is 19.5 Å². The maximum Gasteiger partial charge on any atom is 0.261 e. The molecule has 0 bridgehead atoms. The van der Waals surface area contributed by atoms with Crippen LogP contribution in [0.4, 0.5) is 0 Å². The number of hydrogen-bond acceptors (Lipinski definition) is 6. The Bertz CT molecular complexity index is 1380. The van der Waals surface area contributed by atoms with Gasteiger partial charge in [-0.15, -0.1) is 0 Å². The summed E-state index contributed by atoms with van der Waals surface area (Å²) in [5.41, 5.74) is 4.88. The number of halogens is 1. The molecule has 2 atom stereocenters. The Labute approximate surface area is 223 Å². The highest BCUT2D eigenvalue weighted by molar-refractivity contribution is 8.16. The molecule has 0 aromatic carbocycles. The predicted octanol–water partition coefficient (Wildman–Crippen LogP) is 4.72. The molecule has 3 aliphatic rings. The van der Waals surface area contributed by atoms with Crippen molar-refractivity contribution in [2.45, 2.75) is 38.6 Å². The van der Waals surface area contributed by atoms with Crippen LogP contribution in [0.25, 0.3) is 11.1 Å². The van der Waals surface area contributed by atoms with E-state index in [1.54, 1.807) is 6.07 Å². The van der Waals surface area contributed by atoms with Gasteiger partial charge in [-0.1, -0.05) is 17.7 Å². The third-order valence-corrected chi connectivity index (χ3v) is 9.01. The van der Waals surface area contributed by atoms with Crippen LogP contribution in [0.1, 0.15) is 45.8 Å². The predicted molar refractivity (Wildman–Crippen MR) is 145 cm³/mol. The number of rotatable bonds is 5. The molecule has 0 fully saturated rings. The van der Waals surface area contributed by atoms with Crippen molar-refractivity contribution >= 4 is 28.6 Å². The minimum absolute atomic E-state index is 0.123. The average molecular weight is 530 g/mol. The van der Waals surface area contributed by atoms with Crippen LogP contribution in [0.2, 0.25) is 5.15 Å². The molecule has 7 nitrogen and oxygen atoms in total. The average Bonchev–Trinajstić information content (AvgIpc) is 2.92. The van der Waals surface area contributed by atoms with E-state index in [9.17, 15) is 9.90 Å². The van der Waals surface area contributed by atoms with Crippen molar-refractivity contribution in [1.82, 2.24) is 19.6 Å². The summed E-state index contributed by atoms with van der Waals surface area (Å²) in [7, 11) is 1.48. The number of methoxy groups -OCH3 is 1. The van der Waals surface area contributed by atoms with E-state index >= 15 is 0 Å². The molecule has 1 amide bonds. The lowest BCUT2D eigenvalue weighted by Gasteiger charge is -2.37. The maximum absolute atomic E-state index is 13.6. The fraction of sp³-hybridized carbons (Fsp3) is 0.370. The topological polar surface area (TPSA) is 87.6 Å². The Kier molecular flexibility index (Phi) is 6.31. The van der Waals surface area contributed by atoms with Crippen LogP contribution in [0.3, 0.4) is 0 Å². The van der Waals surface area contributed by atoms with Crippen molar-refractivity contribution in [2.75, 3.05) is 25.2 Å². The van der Waals surface area contributed by atoms with Crippen LogP contribution >= 0.6 is 22.7 Å². The Morgan fingerprint density at radius 2 is 2.19 bits per heavy atom. The van der Waals surface area contributed by atoms with E-state index in [2.05, 4.69) is 37.9 Å². The van der Waals surface area contributed by atoms with Crippen molar-refractivity contribution in [3.63, 3.8) is 0 Å². The van der Waals surface area contributed by atoms with Gasteiger partial charge in [0.05, 0.1) is 25.0 Å². The summed E-state index contributed by atoms with van der Waals surface area (Å²) >= 11 is 5.33. The Balaban J connectivity index is 1.35. The summed E-state index contributed by atoms with van der Waals surface area (Å²) in [6.07, 6.45) is 12.2. The zero-order valence-corrected chi connectivity index (χ0v) is 21.6. The molecule has 2 unspecified atom stereocenters. The van der Waals surface area contributed by atoms with Crippen LogP contribution in [0, 0.1) is 6.85 Å². The van der Waals surface area contributed by atoms with Gasteiger partial charge in [0, 0.05) is 51.3 Å². The van der Waals surface area contributed by atoms with E-state index in [4.69, 9.17) is 20.5 Å². The number of aryl methyl sites for hydroxylation is 1. The number of amides is 1. The minimum atomic E-state index is -2.45. The van der Waals surface area contributed by atoms with Crippen LogP contribution in [-0.4, -0.2) is 57.1 Å². The maximum atomic E-state index is 13.6. The number of thiol groups is 1. The first-order valence-electron chi connectivity index (χ1n) is 13.4. The first-order valence-corrected chi connectivity index (χ1v) is 14.0. The Morgan fingerprint density at radius 1 is 1.31 bits per heavy atom. The number of nitrogens with one attached hydrogen (secondary N) is 1. The molecule has 2 N–H and O–H groups in total. The number of carbonyl (C=O) groups excluding carboxylic acids is 1. The number of aliphatic hydroxyl groups excluding tert-OH is 1. The zero-order chi connectivity index (χ0) is 27.7. The summed E-state index contributed by atoms with van der Waals surface area (Å²) in [4.78, 5) is 24.0. The lowest BCUT2D eigenvalue weighted by atomic mass is 9.98. The Morgan fingerprint density at radius 3 is 2.97 bits per heavy atom. The number of allylic oxidation sites excluding steroid dienone is 2. The second-order valence-electron chi connectivity index (χ2n) is 9.13. The molecule has 2 aromatic heterocycles. The number of pyridine rings is 2. The molecule has 2 aliphatic heterocycles. The second kappa shape index (κ2) is 10.7. The SMILES string of the molecule is [2H]C([2H])([2H])c1cc(-c2cc(Cl)ncc2OC)c(C(=O)N[SH]2CCC3=C(C=CN(C4=CCC(O)CC4)C3)C2)cn1. The summed E-state index contributed by atoms with van der Waals surface area (Å²) in [5.74, 6) is 1.69. The lowest BCUT2D eigenvalue weighted by molar-refractivity contribution is 0.0984. The molecule has 0 radical (unpaired) electrons. The van der Waals surface area contributed by atoms with Gasteiger partial charge in [0.15, 0.2) is 0 Å². The molecular formula is C27H31ClN4O3S. The third kappa shape index (κ3) is 5.31. The number of carbonyl (C=O) groups is 1. The highest BCUT2D eigenvalue weighted by atomic mass is 35.5. The lowest BCUT2D eigenvalue weighted by Crippen LogP contribution is -2.31. The molecule has 0 saturated carbocycles. The molecule has 36 heavy (non-hydrogen) atoms. The van der Waals surface area contributed by atoms with Crippen molar-refractivity contribution < 1.29 is 18.8 Å². The van der Waals surface area contributed by atoms with E-state index in [0.29, 0.717) is 23.3 Å². The second-order valence-corrected chi connectivity index (χ2v) is 11.6. The number of aliphatic hydroxyl groups is 1. The van der Waals surface area contributed by atoms with E-state index in [-0.39, 0.29) is 28.4 Å². The summed E-state index contributed by atoms with van der Waals surface area (Å²) < 4.78 is 32.1.